The van der Waals surface area contributed by atoms with E-state index in [1.807, 2.05) is 0 Å². The number of hydrogen-bond acceptors (Lipinski definition) is 4. The van der Waals surface area contributed by atoms with Crippen molar-refractivity contribution >= 4 is 27.5 Å². The molecule has 0 bridgehead atoms. The molecule has 1 N–H and O–H groups in total. The van der Waals surface area contributed by atoms with Gasteiger partial charge < -0.3 is 5.32 Å². The Labute approximate surface area is 139 Å². The van der Waals surface area contributed by atoms with Crippen molar-refractivity contribution < 1.29 is 9.18 Å². The van der Waals surface area contributed by atoms with Crippen LogP contribution in [-0.2, 0) is 24.9 Å². The molecule has 3 rings (SSSR count). The molecule has 0 saturated carbocycles. The van der Waals surface area contributed by atoms with E-state index in [2.05, 4.69) is 5.32 Å². The van der Waals surface area contributed by atoms with E-state index in [0.717, 1.165) is 10.1 Å². The van der Waals surface area contributed by atoms with E-state index in [1.54, 1.807) is 23.6 Å². The molecule has 0 spiro atoms. The van der Waals surface area contributed by atoms with E-state index < -0.39 is 5.69 Å². The largest absolute Gasteiger partial charge is 0.350 e. The highest BCUT2D eigenvalue weighted by Crippen LogP contribution is 2.14. The van der Waals surface area contributed by atoms with Crippen molar-refractivity contribution in [1.82, 2.24) is 14.5 Å². The summed E-state index contributed by atoms with van der Waals surface area (Å²) in [6.45, 7) is 0.0355. The van der Waals surface area contributed by atoms with Crippen molar-refractivity contribution in [2.24, 2.45) is 7.05 Å². The second-order valence-electron chi connectivity index (χ2n) is 5.27. The second kappa shape index (κ2) is 6.40. The van der Waals surface area contributed by atoms with E-state index in [1.165, 1.54) is 35.1 Å². The van der Waals surface area contributed by atoms with Gasteiger partial charge in [-0.1, -0.05) is 12.1 Å². The zero-order valence-corrected chi connectivity index (χ0v) is 13.6. The number of aromatic nitrogens is 2. The predicted molar refractivity (Wildman–Crippen MR) is 89.6 cm³/mol. The van der Waals surface area contributed by atoms with Crippen molar-refractivity contribution in [2.45, 2.75) is 13.1 Å². The predicted octanol–water partition coefficient (Wildman–Crippen LogP) is 1.22. The highest BCUT2D eigenvalue weighted by molar-refractivity contribution is 7.17. The quantitative estimate of drug-likeness (QED) is 0.771. The number of carbonyl (C=O) groups excluding carboxylic acids is 1. The molecule has 1 aromatic carbocycles. The van der Waals surface area contributed by atoms with Crippen LogP contribution in [0.1, 0.15) is 5.56 Å². The van der Waals surface area contributed by atoms with Gasteiger partial charge in [0.2, 0.25) is 5.91 Å². The number of carbonyl (C=O) groups is 1. The molecule has 0 aliphatic rings. The lowest BCUT2D eigenvalue weighted by molar-refractivity contribution is -0.121. The summed E-state index contributed by atoms with van der Waals surface area (Å²) in [6.07, 6.45) is 0. The molecule has 2 heterocycles. The van der Waals surface area contributed by atoms with Gasteiger partial charge in [0.1, 0.15) is 17.1 Å². The fourth-order valence-electron chi connectivity index (χ4n) is 2.35. The van der Waals surface area contributed by atoms with Crippen molar-refractivity contribution in [3.05, 3.63) is 67.9 Å². The summed E-state index contributed by atoms with van der Waals surface area (Å²) in [7, 11) is 1.39. The molecule has 0 fully saturated rings. The topological polar surface area (TPSA) is 73.1 Å². The summed E-state index contributed by atoms with van der Waals surface area (Å²) in [5.41, 5.74) is 0.291. The first-order valence-corrected chi connectivity index (χ1v) is 8.03. The van der Waals surface area contributed by atoms with Gasteiger partial charge in [-0.25, -0.2) is 9.18 Å². The summed E-state index contributed by atoms with van der Waals surface area (Å²) in [6, 6.07) is 7.42. The summed E-state index contributed by atoms with van der Waals surface area (Å²) >= 11 is 1.23. The van der Waals surface area contributed by atoms with Gasteiger partial charge in [-0.3, -0.25) is 18.7 Å². The highest BCUT2D eigenvalue weighted by atomic mass is 32.1. The number of fused-ring (bicyclic) bond motifs is 1. The average Bonchev–Trinajstić information content (AvgIpc) is 3.06. The molecule has 0 radical (unpaired) electrons. The third-order valence-electron chi connectivity index (χ3n) is 3.66. The first kappa shape index (κ1) is 16.1. The maximum absolute atomic E-state index is 12.9. The number of rotatable bonds is 4. The number of nitrogens with zero attached hydrogens (tertiary/aromatic N) is 2. The van der Waals surface area contributed by atoms with Crippen LogP contribution in [-0.4, -0.2) is 15.0 Å². The standard InChI is InChI=1S/C16H14FN3O3S/c1-19-15(22)14-12(6-7-24-14)20(16(19)23)9-13(21)18-8-10-2-4-11(17)5-3-10/h2-7H,8-9H2,1H3,(H,18,21). The molecule has 1 amide bonds. The number of thiophene rings is 1. The van der Waals surface area contributed by atoms with Gasteiger partial charge >= 0.3 is 5.69 Å². The molecule has 0 saturated heterocycles. The van der Waals surface area contributed by atoms with Crippen LogP contribution in [0.2, 0.25) is 0 Å². The molecular weight excluding hydrogens is 333 g/mol. The minimum absolute atomic E-state index is 0.193. The number of hydrogen-bond donors (Lipinski definition) is 1. The fourth-order valence-corrected chi connectivity index (χ4v) is 3.22. The van der Waals surface area contributed by atoms with Crippen LogP contribution in [0.25, 0.3) is 10.2 Å². The first-order chi connectivity index (χ1) is 11.5. The Balaban J connectivity index is 1.81. The van der Waals surface area contributed by atoms with Crippen LogP contribution in [0.5, 0.6) is 0 Å². The average molecular weight is 347 g/mol. The van der Waals surface area contributed by atoms with E-state index in [4.69, 9.17) is 0 Å². The maximum Gasteiger partial charge on any atom is 0.331 e. The Morgan fingerprint density at radius 3 is 2.62 bits per heavy atom. The number of amides is 1. The maximum atomic E-state index is 12.9. The van der Waals surface area contributed by atoms with Crippen molar-refractivity contribution in [3.8, 4) is 0 Å². The minimum Gasteiger partial charge on any atom is -0.350 e. The van der Waals surface area contributed by atoms with Gasteiger partial charge in [-0.05, 0) is 29.1 Å². The first-order valence-electron chi connectivity index (χ1n) is 7.15. The SMILES string of the molecule is Cn1c(=O)c2sccc2n(CC(=O)NCc2ccc(F)cc2)c1=O. The summed E-state index contributed by atoms with van der Waals surface area (Å²) in [5, 5.41) is 4.39. The zero-order chi connectivity index (χ0) is 17.3. The molecule has 0 atom stereocenters. The van der Waals surface area contributed by atoms with Gasteiger partial charge in [0, 0.05) is 13.6 Å². The van der Waals surface area contributed by atoms with Gasteiger partial charge in [-0.2, -0.15) is 0 Å². The van der Waals surface area contributed by atoms with Crippen LogP contribution in [0.15, 0.2) is 45.3 Å². The summed E-state index contributed by atoms with van der Waals surface area (Å²) in [4.78, 5) is 36.4. The highest BCUT2D eigenvalue weighted by Gasteiger charge is 2.14. The monoisotopic (exact) mass is 347 g/mol. The van der Waals surface area contributed by atoms with Crippen molar-refractivity contribution in [3.63, 3.8) is 0 Å². The lowest BCUT2D eigenvalue weighted by atomic mass is 10.2. The van der Waals surface area contributed by atoms with Gasteiger partial charge in [0.05, 0.1) is 5.52 Å². The molecule has 0 unspecified atom stereocenters. The van der Waals surface area contributed by atoms with Crippen LogP contribution in [0.3, 0.4) is 0 Å². The van der Waals surface area contributed by atoms with Gasteiger partial charge in [0.15, 0.2) is 0 Å². The molecule has 8 heteroatoms. The van der Waals surface area contributed by atoms with Gasteiger partial charge in [-0.15, -0.1) is 11.3 Å². The molecule has 2 aromatic heterocycles. The van der Waals surface area contributed by atoms with Crippen LogP contribution in [0, 0.1) is 5.82 Å². The Morgan fingerprint density at radius 1 is 1.21 bits per heavy atom. The lowest BCUT2D eigenvalue weighted by Crippen LogP contribution is -2.40. The molecular formula is C16H14FN3O3S. The van der Waals surface area contributed by atoms with E-state index in [0.29, 0.717) is 10.2 Å². The third-order valence-corrected chi connectivity index (χ3v) is 4.55. The van der Waals surface area contributed by atoms with E-state index in [9.17, 15) is 18.8 Å². The van der Waals surface area contributed by atoms with E-state index >= 15 is 0 Å². The summed E-state index contributed by atoms with van der Waals surface area (Å²) in [5.74, 6) is -0.714. The lowest BCUT2D eigenvalue weighted by Gasteiger charge is -2.10. The zero-order valence-electron chi connectivity index (χ0n) is 12.8. The normalized spacial score (nSPS) is 10.9. The minimum atomic E-state index is -0.539. The van der Waals surface area contributed by atoms with Crippen molar-refractivity contribution in [1.29, 1.82) is 0 Å². The Morgan fingerprint density at radius 2 is 1.92 bits per heavy atom. The van der Waals surface area contributed by atoms with Crippen LogP contribution in [0.4, 0.5) is 4.39 Å². The van der Waals surface area contributed by atoms with E-state index in [-0.39, 0.29) is 30.4 Å². The molecule has 6 nitrogen and oxygen atoms in total. The van der Waals surface area contributed by atoms with Crippen molar-refractivity contribution in [2.75, 3.05) is 0 Å². The summed E-state index contributed by atoms with van der Waals surface area (Å²) < 4.78 is 15.6. The molecule has 3 aromatic rings. The Hall–Kier alpha value is -2.74. The number of halogens is 1. The fraction of sp³-hybridized carbons (Fsp3) is 0.188. The molecule has 0 aliphatic carbocycles. The Kier molecular flexibility index (Phi) is 4.30. The Bertz CT molecular complexity index is 1020. The smallest absolute Gasteiger partial charge is 0.331 e. The van der Waals surface area contributed by atoms with Gasteiger partial charge in [0.25, 0.3) is 5.56 Å². The van der Waals surface area contributed by atoms with Crippen LogP contribution < -0.4 is 16.6 Å². The number of benzene rings is 1. The molecule has 24 heavy (non-hydrogen) atoms. The molecule has 124 valence electrons. The number of nitrogens with one attached hydrogen (secondary N) is 1. The third kappa shape index (κ3) is 3.00. The van der Waals surface area contributed by atoms with Crippen LogP contribution >= 0.6 is 11.3 Å². The second-order valence-corrected chi connectivity index (χ2v) is 6.19. The molecule has 0 aliphatic heterocycles.